The lowest BCUT2D eigenvalue weighted by Crippen LogP contribution is -2.43. The molecule has 0 aromatic heterocycles. The Morgan fingerprint density at radius 1 is 1.35 bits per heavy atom. The smallest absolute Gasteiger partial charge is 0.317 e. The normalized spacial score (nSPS) is 19.1. The molecule has 1 unspecified atom stereocenters. The van der Waals surface area contributed by atoms with Crippen molar-refractivity contribution in [1.29, 1.82) is 0 Å². The fraction of sp³-hybridized carbons (Fsp3) is 0.500. The van der Waals surface area contributed by atoms with E-state index in [1.54, 1.807) is 12.1 Å². The highest BCUT2D eigenvalue weighted by Crippen LogP contribution is 2.24. The van der Waals surface area contributed by atoms with E-state index in [9.17, 15) is 13.2 Å². The van der Waals surface area contributed by atoms with Gasteiger partial charge in [-0.2, -0.15) is 4.31 Å². The van der Waals surface area contributed by atoms with Gasteiger partial charge in [0.1, 0.15) is 0 Å². The van der Waals surface area contributed by atoms with Crippen molar-refractivity contribution in [2.24, 2.45) is 5.92 Å². The molecule has 0 saturated carbocycles. The Hall–Kier alpha value is -0.860. The number of carbonyl (C=O) groups is 1. The summed E-state index contributed by atoms with van der Waals surface area (Å²) in [6, 6.07) is 6.13. The summed E-state index contributed by atoms with van der Waals surface area (Å²) in [6.45, 7) is 1.28. The summed E-state index contributed by atoms with van der Waals surface area (Å²) in [5.74, 6) is -0.795. The number of halogens is 2. The fourth-order valence-electron chi connectivity index (χ4n) is 2.55. The molecule has 6 nitrogen and oxygen atoms in total. The minimum absolute atomic E-state index is 0. The van der Waals surface area contributed by atoms with Crippen LogP contribution in [0.5, 0.6) is 0 Å². The van der Waals surface area contributed by atoms with Gasteiger partial charge in [0, 0.05) is 18.1 Å². The van der Waals surface area contributed by atoms with Gasteiger partial charge in [0.2, 0.25) is 10.0 Å². The van der Waals surface area contributed by atoms with Crippen molar-refractivity contribution in [2.45, 2.75) is 17.7 Å². The van der Waals surface area contributed by atoms with Gasteiger partial charge in [0.05, 0.1) is 11.4 Å². The molecule has 0 bridgehead atoms. The molecule has 0 spiro atoms. The maximum Gasteiger partial charge on any atom is 0.317 e. The lowest BCUT2D eigenvalue weighted by Gasteiger charge is -2.32. The molecule has 0 radical (unpaired) electrons. The molecule has 1 fully saturated rings. The summed E-state index contributed by atoms with van der Waals surface area (Å²) in [7, 11) is -3.52. The highest BCUT2D eigenvalue weighted by molar-refractivity contribution is 7.89. The van der Waals surface area contributed by atoms with Crippen LogP contribution in [-0.2, 0) is 14.8 Å². The number of nitrogens with zero attached hydrogens (tertiary/aromatic N) is 1. The Balaban J connectivity index is 0.00000264. The average Bonchev–Trinajstić information content (AvgIpc) is 2.47. The monoisotopic (exact) mass is 382 g/mol. The number of hydrogen-bond donors (Lipinski definition) is 2. The largest absolute Gasteiger partial charge is 0.480 e. The molecule has 2 N–H and O–H groups in total. The van der Waals surface area contributed by atoms with Crippen LogP contribution in [0.1, 0.15) is 12.8 Å². The highest BCUT2D eigenvalue weighted by Gasteiger charge is 2.30. The van der Waals surface area contributed by atoms with Crippen molar-refractivity contribution in [3.63, 3.8) is 0 Å². The van der Waals surface area contributed by atoms with E-state index in [0.717, 1.165) is 12.8 Å². The second-order valence-electron chi connectivity index (χ2n) is 5.35. The Kier molecular flexibility index (Phi) is 7.76. The van der Waals surface area contributed by atoms with Crippen molar-refractivity contribution in [1.82, 2.24) is 9.62 Å². The minimum Gasteiger partial charge on any atom is -0.480 e. The Labute approximate surface area is 147 Å². The predicted molar refractivity (Wildman–Crippen MR) is 90.7 cm³/mol. The summed E-state index contributed by atoms with van der Waals surface area (Å²) in [4.78, 5) is 10.7. The first-order chi connectivity index (χ1) is 10.4. The van der Waals surface area contributed by atoms with E-state index in [4.69, 9.17) is 16.7 Å². The summed E-state index contributed by atoms with van der Waals surface area (Å²) < 4.78 is 26.7. The lowest BCUT2D eigenvalue weighted by atomic mass is 10.00. The van der Waals surface area contributed by atoms with Crippen LogP contribution >= 0.6 is 24.0 Å². The second kappa shape index (κ2) is 8.84. The molecule has 1 aliphatic rings. The van der Waals surface area contributed by atoms with Crippen LogP contribution in [0.25, 0.3) is 0 Å². The van der Waals surface area contributed by atoms with Gasteiger partial charge in [-0.3, -0.25) is 4.79 Å². The third-order valence-electron chi connectivity index (χ3n) is 3.64. The number of hydrogen-bond acceptors (Lipinski definition) is 4. The number of rotatable bonds is 6. The first kappa shape index (κ1) is 20.2. The maximum atomic E-state index is 12.6. The molecule has 1 aromatic rings. The average molecular weight is 383 g/mol. The van der Waals surface area contributed by atoms with Crippen LogP contribution in [0.3, 0.4) is 0 Å². The fourth-order valence-corrected chi connectivity index (χ4v) is 4.23. The predicted octanol–water partition coefficient (Wildman–Crippen LogP) is 1.84. The number of sulfonamides is 1. The van der Waals surface area contributed by atoms with E-state index in [0.29, 0.717) is 24.7 Å². The van der Waals surface area contributed by atoms with Crippen LogP contribution < -0.4 is 5.32 Å². The molecule has 130 valence electrons. The summed E-state index contributed by atoms with van der Waals surface area (Å²) >= 11 is 5.79. The maximum absolute atomic E-state index is 12.6. The summed E-state index contributed by atoms with van der Waals surface area (Å²) in [6.07, 6.45) is 1.66. The highest BCUT2D eigenvalue weighted by atomic mass is 35.5. The zero-order valence-corrected chi connectivity index (χ0v) is 14.8. The number of aliphatic carboxylic acids is 1. The minimum atomic E-state index is -3.52. The third kappa shape index (κ3) is 5.61. The topological polar surface area (TPSA) is 86.7 Å². The molecule has 0 amide bonds. The molecule has 1 atom stereocenters. The van der Waals surface area contributed by atoms with Gasteiger partial charge >= 0.3 is 5.97 Å². The number of piperidine rings is 1. The third-order valence-corrected chi connectivity index (χ3v) is 5.77. The van der Waals surface area contributed by atoms with Crippen molar-refractivity contribution in [2.75, 3.05) is 26.2 Å². The van der Waals surface area contributed by atoms with Crippen LogP contribution in [-0.4, -0.2) is 50.0 Å². The van der Waals surface area contributed by atoms with E-state index >= 15 is 0 Å². The zero-order chi connectivity index (χ0) is 16.2. The van der Waals surface area contributed by atoms with E-state index < -0.39 is 16.0 Å². The second-order valence-corrected chi connectivity index (χ2v) is 7.72. The molecule has 1 heterocycles. The van der Waals surface area contributed by atoms with E-state index in [1.165, 1.54) is 16.4 Å². The van der Waals surface area contributed by atoms with Gasteiger partial charge in [-0.15, -0.1) is 12.4 Å². The quantitative estimate of drug-likeness (QED) is 0.783. The molecule has 1 aliphatic heterocycles. The van der Waals surface area contributed by atoms with Gasteiger partial charge < -0.3 is 10.4 Å². The first-order valence-corrected chi connectivity index (χ1v) is 8.89. The van der Waals surface area contributed by atoms with Crippen molar-refractivity contribution >= 4 is 40.0 Å². The van der Waals surface area contributed by atoms with Gasteiger partial charge in [0.15, 0.2) is 0 Å². The van der Waals surface area contributed by atoms with Gasteiger partial charge in [-0.05, 0) is 49.6 Å². The molecular formula is C14H20Cl2N2O4S. The SMILES string of the molecule is Cl.O=C(O)CNCC1CCCN(S(=O)(=O)c2ccc(Cl)cc2)C1. The lowest BCUT2D eigenvalue weighted by molar-refractivity contribution is -0.136. The van der Waals surface area contributed by atoms with Crippen LogP contribution in [0.2, 0.25) is 5.02 Å². The summed E-state index contributed by atoms with van der Waals surface area (Å²) in [5, 5.41) is 11.9. The molecule has 2 rings (SSSR count). The standard InChI is InChI=1S/C14H19ClN2O4S.ClH/c15-12-3-5-13(6-4-12)22(20,21)17-7-1-2-11(10-17)8-16-9-14(18)19;/h3-6,11,16H,1-2,7-10H2,(H,18,19);1H. The van der Waals surface area contributed by atoms with E-state index in [1.807, 2.05) is 0 Å². The van der Waals surface area contributed by atoms with Crippen molar-refractivity contribution < 1.29 is 18.3 Å². The van der Waals surface area contributed by atoms with E-state index in [2.05, 4.69) is 5.32 Å². The molecule has 1 aromatic carbocycles. The molecular weight excluding hydrogens is 363 g/mol. The molecule has 1 saturated heterocycles. The molecule has 9 heteroatoms. The number of carboxylic acids is 1. The van der Waals surface area contributed by atoms with Gasteiger partial charge in [0.25, 0.3) is 0 Å². The van der Waals surface area contributed by atoms with E-state index in [-0.39, 0.29) is 29.8 Å². The van der Waals surface area contributed by atoms with Gasteiger partial charge in [-0.1, -0.05) is 11.6 Å². The van der Waals surface area contributed by atoms with Crippen LogP contribution in [0.4, 0.5) is 0 Å². The van der Waals surface area contributed by atoms with Crippen LogP contribution in [0.15, 0.2) is 29.2 Å². The first-order valence-electron chi connectivity index (χ1n) is 7.08. The van der Waals surface area contributed by atoms with Crippen molar-refractivity contribution in [3.8, 4) is 0 Å². The Morgan fingerprint density at radius 2 is 2.00 bits per heavy atom. The Bertz CT molecular complexity index is 622. The summed E-state index contributed by atoms with van der Waals surface area (Å²) in [5.41, 5.74) is 0. The zero-order valence-electron chi connectivity index (χ0n) is 12.4. The van der Waals surface area contributed by atoms with Gasteiger partial charge in [-0.25, -0.2) is 8.42 Å². The Morgan fingerprint density at radius 3 is 2.61 bits per heavy atom. The van der Waals surface area contributed by atoms with Crippen molar-refractivity contribution in [3.05, 3.63) is 29.3 Å². The molecule has 0 aliphatic carbocycles. The number of carboxylic acid groups (broad SMARTS) is 1. The van der Waals surface area contributed by atoms with Crippen LogP contribution in [0, 0.1) is 5.92 Å². The number of nitrogens with one attached hydrogen (secondary N) is 1. The number of benzene rings is 1. The molecule has 23 heavy (non-hydrogen) atoms.